The molecule has 1 amide bonds. The summed E-state index contributed by atoms with van der Waals surface area (Å²) in [5.74, 6) is -1.89. The van der Waals surface area contributed by atoms with E-state index in [-0.39, 0.29) is 11.8 Å². The SMILES string of the molecule is CC(CNC(=O)CCc1cccnc1)c1ccc(F)c(F)c1. The molecule has 2 aromatic rings. The zero-order valence-electron chi connectivity index (χ0n) is 12.4. The van der Waals surface area contributed by atoms with Crippen LogP contribution in [0.3, 0.4) is 0 Å². The number of rotatable bonds is 6. The second kappa shape index (κ2) is 7.64. The summed E-state index contributed by atoms with van der Waals surface area (Å²) in [5, 5.41) is 2.81. The Morgan fingerprint density at radius 2 is 2.09 bits per heavy atom. The van der Waals surface area contributed by atoms with Crippen molar-refractivity contribution in [2.45, 2.75) is 25.7 Å². The third kappa shape index (κ3) is 4.62. The topological polar surface area (TPSA) is 42.0 Å². The zero-order valence-corrected chi connectivity index (χ0v) is 12.4. The van der Waals surface area contributed by atoms with Gasteiger partial charge in [0.05, 0.1) is 0 Å². The van der Waals surface area contributed by atoms with Gasteiger partial charge in [-0.25, -0.2) is 8.78 Å². The summed E-state index contributed by atoms with van der Waals surface area (Å²) in [4.78, 5) is 15.8. The van der Waals surface area contributed by atoms with Crippen LogP contribution in [0.2, 0.25) is 0 Å². The molecule has 1 unspecified atom stereocenters. The molecule has 0 aliphatic carbocycles. The first-order valence-corrected chi connectivity index (χ1v) is 7.17. The molecule has 1 aromatic carbocycles. The molecule has 2 rings (SSSR count). The summed E-state index contributed by atoms with van der Waals surface area (Å²) in [6.07, 6.45) is 4.42. The number of hydrogen-bond donors (Lipinski definition) is 1. The van der Waals surface area contributed by atoms with Crippen LogP contribution in [-0.4, -0.2) is 17.4 Å². The second-order valence-electron chi connectivity index (χ2n) is 5.24. The van der Waals surface area contributed by atoms with Crippen molar-refractivity contribution in [2.24, 2.45) is 0 Å². The van der Waals surface area contributed by atoms with Crippen LogP contribution in [0.4, 0.5) is 8.78 Å². The molecule has 1 heterocycles. The van der Waals surface area contributed by atoms with Crippen LogP contribution in [0.5, 0.6) is 0 Å². The van der Waals surface area contributed by atoms with Gasteiger partial charge in [-0.2, -0.15) is 0 Å². The third-order valence-corrected chi connectivity index (χ3v) is 3.48. The highest BCUT2D eigenvalue weighted by Crippen LogP contribution is 2.17. The maximum atomic E-state index is 13.2. The van der Waals surface area contributed by atoms with E-state index in [4.69, 9.17) is 0 Å². The number of carbonyl (C=O) groups excluding carboxylic acids is 1. The molecule has 1 N–H and O–H groups in total. The van der Waals surface area contributed by atoms with Gasteiger partial charge in [0.1, 0.15) is 0 Å². The molecule has 0 bridgehead atoms. The standard InChI is InChI=1S/C17H18F2N2O/c1-12(14-5-6-15(18)16(19)9-14)10-21-17(22)7-4-13-3-2-8-20-11-13/h2-3,5-6,8-9,11-12H,4,7,10H2,1H3,(H,21,22). The Labute approximate surface area is 128 Å². The van der Waals surface area contributed by atoms with Crippen LogP contribution in [0.15, 0.2) is 42.7 Å². The lowest BCUT2D eigenvalue weighted by Gasteiger charge is -2.13. The number of nitrogens with zero attached hydrogens (tertiary/aromatic N) is 1. The van der Waals surface area contributed by atoms with Gasteiger partial charge >= 0.3 is 0 Å². The molecule has 5 heteroatoms. The van der Waals surface area contributed by atoms with Crippen molar-refractivity contribution >= 4 is 5.91 Å². The van der Waals surface area contributed by atoms with Crippen LogP contribution in [-0.2, 0) is 11.2 Å². The fraction of sp³-hybridized carbons (Fsp3) is 0.294. The number of pyridine rings is 1. The van der Waals surface area contributed by atoms with Gasteiger partial charge in [0, 0.05) is 25.4 Å². The van der Waals surface area contributed by atoms with Gasteiger partial charge in [0.15, 0.2) is 11.6 Å². The number of amides is 1. The summed E-state index contributed by atoms with van der Waals surface area (Å²) < 4.78 is 26.1. The number of hydrogen-bond acceptors (Lipinski definition) is 2. The summed E-state index contributed by atoms with van der Waals surface area (Å²) in [6, 6.07) is 7.56. The molecule has 0 aliphatic heterocycles. The third-order valence-electron chi connectivity index (χ3n) is 3.48. The highest BCUT2D eigenvalue weighted by Gasteiger charge is 2.11. The minimum atomic E-state index is -0.868. The van der Waals surface area contributed by atoms with Gasteiger partial charge in [0.25, 0.3) is 0 Å². The van der Waals surface area contributed by atoms with Crippen LogP contribution < -0.4 is 5.32 Å². The van der Waals surface area contributed by atoms with Crippen molar-refractivity contribution in [2.75, 3.05) is 6.54 Å². The van der Waals surface area contributed by atoms with E-state index in [1.165, 1.54) is 12.1 Å². The number of aryl methyl sites for hydroxylation is 1. The van der Waals surface area contributed by atoms with Gasteiger partial charge in [-0.15, -0.1) is 0 Å². The summed E-state index contributed by atoms with van der Waals surface area (Å²) >= 11 is 0. The quantitative estimate of drug-likeness (QED) is 0.890. The zero-order chi connectivity index (χ0) is 15.9. The normalized spacial score (nSPS) is 12.0. The smallest absolute Gasteiger partial charge is 0.220 e. The highest BCUT2D eigenvalue weighted by molar-refractivity contribution is 5.76. The van der Waals surface area contributed by atoms with Gasteiger partial charge in [0.2, 0.25) is 5.91 Å². The van der Waals surface area contributed by atoms with Crippen LogP contribution in [0, 0.1) is 11.6 Å². The van der Waals surface area contributed by atoms with Crippen molar-refractivity contribution in [3.8, 4) is 0 Å². The largest absolute Gasteiger partial charge is 0.355 e. The average Bonchev–Trinajstić information content (AvgIpc) is 2.54. The van der Waals surface area contributed by atoms with Gasteiger partial charge < -0.3 is 5.32 Å². The number of benzene rings is 1. The van der Waals surface area contributed by atoms with Crippen molar-refractivity contribution < 1.29 is 13.6 Å². The highest BCUT2D eigenvalue weighted by atomic mass is 19.2. The lowest BCUT2D eigenvalue weighted by molar-refractivity contribution is -0.121. The lowest BCUT2D eigenvalue weighted by atomic mass is 10.0. The average molecular weight is 304 g/mol. The summed E-state index contributed by atoms with van der Waals surface area (Å²) in [7, 11) is 0. The molecule has 3 nitrogen and oxygen atoms in total. The number of aromatic nitrogens is 1. The monoisotopic (exact) mass is 304 g/mol. The Hall–Kier alpha value is -2.30. The van der Waals surface area contributed by atoms with E-state index < -0.39 is 11.6 Å². The first-order chi connectivity index (χ1) is 10.6. The van der Waals surface area contributed by atoms with E-state index in [0.29, 0.717) is 24.9 Å². The Morgan fingerprint density at radius 1 is 1.27 bits per heavy atom. The van der Waals surface area contributed by atoms with Gasteiger partial charge in [-0.1, -0.05) is 19.1 Å². The molecule has 0 aliphatic rings. The van der Waals surface area contributed by atoms with Crippen molar-refractivity contribution in [3.63, 3.8) is 0 Å². The molecule has 116 valence electrons. The van der Waals surface area contributed by atoms with Gasteiger partial charge in [-0.3, -0.25) is 9.78 Å². The predicted octanol–water partition coefficient (Wildman–Crippen LogP) is 3.21. The lowest BCUT2D eigenvalue weighted by Crippen LogP contribution is -2.27. The molecule has 22 heavy (non-hydrogen) atoms. The number of halogens is 2. The maximum Gasteiger partial charge on any atom is 0.220 e. The number of carbonyl (C=O) groups is 1. The van der Waals surface area contributed by atoms with E-state index >= 15 is 0 Å². The molecule has 0 saturated carbocycles. The first-order valence-electron chi connectivity index (χ1n) is 7.17. The summed E-state index contributed by atoms with van der Waals surface area (Å²) in [6.45, 7) is 2.24. The molecule has 0 saturated heterocycles. The number of nitrogens with one attached hydrogen (secondary N) is 1. The molecule has 0 radical (unpaired) electrons. The second-order valence-corrected chi connectivity index (χ2v) is 5.24. The van der Waals surface area contributed by atoms with Crippen molar-refractivity contribution in [3.05, 3.63) is 65.5 Å². The van der Waals surface area contributed by atoms with E-state index in [2.05, 4.69) is 10.3 Å². The minimum absolute atomic E-state index is 0.0710. The molecule has 0 spiro atoms. The van der Waals surface area contributed by atoms with Crippen molar-refractivity contribution in [1.29, 1.82) is 0 Å². The molecular formula is C17H18F2N2O. The van der Waals surface area contributed by atoms with E-state index in [9.17, 15) is 13.6 Å². The Balaban J connectivity index is 1.79. The van der Waals surface area contributed by atoms with Crippen molar-refractivity contribution in [1.82, 2.24) is 10.3 Å². The minimum Gasteiger partial charge on any atom is -0.355 e. The molecule has 1 atom stereocenters. The van der Waals surface area contributed by atoms with Gasteiger partial charge in [-0.05, 0) is 41.7 Å². The molecular weight excluding hydrogens is 286 g/mol. The first kappa shape index (κ1) is 16.1. The Bertz CT molecular complexity index is 632. The summed E-state index contributed by atoms with van der Waals surface area (Å²) in [5.41, 5.74) is 1.66. The maximum absolute atomic E-state index is 13.2. The Morgan fingerprint density at radius 3 is 2.77 bits per heavy atom. The fourth-order valence-electron chi connectivity index (χ4n) is 2.10. The van der Waals surface area contributed by atoms with E-state index in [0.717, 1.165) is 11.6 Å². The van der Waals surface area contributed by atoms with Crippen LogP contribution >= 0.6 is 0 Å². The molecule has 1 aromatic heterocycles. The van der Waals surface area contributed by atoms with Crippen LogP contribution in [0.1, 0.15) is 30.4 Å². The Kier molecular flexibility index (Phi) is 5.58. The van der Waals surface area contributed by atoms with E-state index in [1.54, 1.807) is 12.4 Å². The fourth-order valence-corrected chi connectivity index (χ4v) is 2.10. The van der Waals surface area contributed by atoms with Crippen LogP contribution in [0.25, 0.3) is 0 Å². The van der Waals surface area contributed by atoms with E-state index in [1.807, 2.05) is 19.1 Å². The predicted molar refractivity (Wildman–Crippen MR) is 80.3 cm³/mol. The molecule has 0 fully saturated rings.